The van der Waals surface area contributed by atoms with Crippen LogP contribution in [0.25, 0.3) is 0 Å². The van der Waals surface area contributed by atoms with E-state index in [1.54, 1.807) is 0 Å². The summed E-state index contributed by atoms with van der Waals surface area (Å²) in [6.45, 7) is -0.000521. The second-order valence-electron chi connectivity index (χ2n) is 1.95. The Morgan fingerprint density at radius 2 is 2.17 bits per heavy atom. The zero-order chi connectivity index (χ0) is 9.40. The number of urea groups is 1. The summed E-state index contributed by atoms with van der Waals surface area (Å²) in [5.41, 5.74) is 0. The monoisotopic (exact) mass is 176 g/mol. The van der Waals surface area contributed by atoms with Crippen LogP contribution in [-0.4, -0.2) is 43.9 Å². The molecule has 0 bridgehead atoms. The molecule has 0 radical (unpaired) electrons. The highest BCUT2D eigenvalue weighted by molar-refractivity contribution is 5.94. The summed E-state index contributed by atoms with van der Waals surface area (Å²) in [5.74, 6) is -0.732. The molecule has 0 aromatic carbocycles. The van der Waals surface area contributed by atoms with Crippen LogP contribution in [0.15, 0.2) is 0 Å². The molecular formula is C6H12N2O4. The van der Waals surface area contributed by atoms with E-state index in [1.807, 2.05) is 5.32 Å². The molecule has 0 saturated heterocycles. The van der Waals surface area contributed by atoms with Gasteiger partial charge in [0.05, 0.1) is 6.61 Å². The van der Waals surface area contributed by atoms with Crippen molar-refractivity contribution < 1.29 is 19.4 Å². The third-order valence-electron chi connectivity index (χ3n) is 0.988. The molecule has 12 heavy (non-hydrogen) atoms. The summed E-state index contributed by atoms with van der Waals surface area (Å²) < 4.78 is 4.65. The molecule has 0 aromatic rings. The van der Waals surface area contributed by atoms with Gasteiger partial charge in [0.2, 0.25) is 0 Å². The molecule has 0 saturated carbocycles. The summed E-state index contributed by atoms with van der Waals surface area (Å²) in [7, 11) is 1.50. The molecule has 6 nitrogen and oxygen atoms in total. The average molecular weight is 176 g/mol. The summed E-state index contributed by atoms with van der Waals surface area (Å²) >= 11 is 0. The van der Waals surface area contributed by atoms with Crippen molar-refractivity contribution in [1.29, 1.82) is 0 Å². The summed E-state index contributed by atoms with van der Waals surface area (Å²) in [5, 5.41) is 12.5. The number of hydrogen-bond acceptors (Lipinski definition) is 4. The lowest BCUT2D eigenvalue weighted by molar-refractivity contribution is -0.122. The maximum atomic E-state index is 10.7. The molecule has 0 rings (SSSR count). The van der Waals surface area contributed by atoms with Gasteiger partial charge in [-0.25, -0.2) is 4.79 Å². The number of aliphatic hydroxyl groups is 1. The number of carbonyl (C=O) groups excluding carboxylic acids is 2. The molecule has 0 unspecified atom stereocenters. The Bertz CT molecular complexity index is 160. The van der Waals surface area contributed by atoms with Crippen LogP contribution in [0.4, 0.5) is 4.79 Å². The molecule has 0 fully saturated rings. The van der Waals surface area contributed by atoms with Crippen molar-refractivity contribution in [1.82, 2.24) is 10.6 Å². The summed E-state index contributed by atoms with van der Waals surface area (Å²) in [4.78, 5) is 21.1. The average Bonchev–Trinajstić information content (AvgIpc) is 2.05. The number of rotatable bonds is 4. The van der Waals surface area contributed by atoms with Crippen molar-refractivity contribution in [2.45, 2.75) is 0 Å². The van der Waals surface area contributed by atoms with Crippen LogP contribution >= 0.6 is 0 Å². The Morgan fingerprint density at radius 1 is 1.50 bits per heavy atom. The number of nitrogens with one attached hydrogen (secondary N) is 2. The molecule has 0 aliphatic rings. The second-order valence-corrected chi connectivity index (χ2v) is 1.95. The second kappa shape index (κ2) is 6.56. The highest BCUT2D eigenvalue weighted by Gasteiger charge is 2.03. The van der Waals surface area contributed by atoms with Crippen molar-refractivity contribution in [3.8, 4) is 0 Å². The van der Waals surface area contributed by atoms with Gasteiger partial charge in [0.15, 0.2) is 0 Å². The van der Waals surface area contributed by atoms with Crippen LogP contribution < -0.4 is 10.6 Å². The van der Waals surface area contributed by atoms with Gasteiger partial charge in [0, 0.05) is 13.7 Å². The Kier molecular flexibility index (Phi) is 5.94. The van der Waals surface area contributed by atoms with Gasteiger partial charge in [-0.1, -0.05) is 0 Å². The lowest BCUT2D eigenvalue weighted by Crippen LogP contribution is -2.41. The van der Waals surface area contributed by atoms with Crippen molar-refractivity contribution in [3.63, 3.8) is 0 Å². The van der Waals surface area contributed by atoms with E-state index < -0.39 is 18.5 Å². The lowest BCUT2D eigenvalue weighted by Gasteiger charge is -2.03. The normalized spacial score (nSPS) is 9.17. The van der Waals surface area contributed by atoms with Crippen LogP contribution in [0.1, 0.15) is 0 Å². The summed E-state index contributed by atoms with van der Waals surface area (Å²) in [6, 6.07) is -0.633. The molecule has 3 amide bonds. The van der Waals surface area contributed by atoms with E-state index >= 15 is 0 Å². The first-order valence-corrected chi connectivity index (χ1v) is 3.38. The highest BCUT2D eigenvalue weighted by atomic mass is 16.5. The quantitative estimate of drug-likeness (QED) is 0.452. The van der Waals surface area contributed by atoms with Crippen LogP contribution in [0, 0.1) is 0 Å². The third-order valence-corrected chi connectivity index (χ3v) is 0.988. The molecule has 3 N–H and O–H groups in total. The molecule has 0 aliphatic heterocycles. The number of methoxy groups -OCH3 is 1. The fraction of sp³-hybridized carbons (Fsp3) is 0.667. The third kappa shape index (κ3) is 5.63. The van der Waals surface area contributed by atoms with E-state index in [0.29, 0.717) is 13.2 Å². The minimum Gasteiger partial charge on any atom is -0.387 e. The predicted molar refractivity (Wildman–Crippen MR) is 40.5 cm³/mol. The van der Waals surface area contributed by atoms with E-state index in [2.05, 4.69) is 10.1 Å². The first-order valence-electron chi connectivity index (χ1n) is 3.38. The molecule has 0 atom stereocenters. The molecule has 0 heterocycles. The van der Waals surface area contributed by atoms with Gasteiger partial charge in [-0.15, -0.1) is 0 Å². The van der Waals surface area contributed by atoms with Gasteiger partial charge in [0.1, 0.15) is 6.61 Å². The van der Waals surface area contributed by atoms with Gasteiger partial charge < -0.3 is 15.2 Å². The van der Waals surface area contributed by atoms with E-state index in [9.17, 15) is 9.59 Å². The lowest BCUT2D eigenvalue weighted by atomic mass is 10.6. The Morgan fingerprint density at radius 3 is 2.67 bits per heavy atom. The summed E-state index contributed by atoms with van der Waals surface area (Å²) in [6.07, 6.45) is 0. The first-order chi connectivity index (χ1) is 5.70. The Labute approximate surface area is 69.9 Å². The van der Waals surface area contributed by atoms with E-state index in [0.717, 1.165) is 0 Å². The number of hydrogen-bond donors (Lipinski definition) is 3. The van der Waals surface area contributed by atoms with E-state index in [4.69, 9.17) is 5.11 Å². The standard InChI is InChI=1S/C6H12N2O4/c1-12-3-2-7-6(11)8-5(10)4-9/h9H,2-4H2,1H3,(H2,7,8,10,11). The zero-order valence-electron chi connectivity index (χ0n) is 6.79. The van der Waals surface area contributed by atoms with Gasteiger partial charge in [-0.2, -0.15) is 0 Å². The number of ether oxygens (including phenoxy) is 1. The fourth-order valence-electron chi connectivity index (χ4n) is 0.477. The van der Waals surface area contributed by atoms with Crippen molar-refractivity contribution >= 4 is 11.9 Å². The molecular weight excluding hydrogens is 164 g/mol. The van der Waals surface area contributed by atoms with Crippen LogP contribution in [0.2, 0.25) is 0 Å². The Balaban J connectivity index is 3.40. The number of aliphatic hydroxyl groups excluding tert-OH is 1. The molecule has 0 aliphatic carbocycles. The maximum Gasteiger partial charge on any atom is 0.321 e. The fourth-order valence-corrected chi connectivity index (χ4v) is 0.477. The highest BCUT2D eigenvalue weighted by Crippen LogP contribution is 1.68. The molecule has 6 heteroatoms. The molecule has 70 valence electrons. The van der Waals surface area contributed by atoms with Gasteiger partial charge >= 0.3 is 6.03 Å². The SMILES string of the molecule is COCCNC(=O)NC(=O)CO. The van der Waals surface area contributed by atoms with E-state index in [-0.39, 0.29) is 0 Å². The minimum atomic E-state index is -0.732. The molecule has 0 aromatic heterocycles. The largest absolute Gasteiger partial charge is 0.387 e. The van der Waals surface area contributed by atoms with Crippen LogP contribution in [-0.2, 0) is 9.53 Å². The number of amides is 3. The minimum absolute atomic E-state index is 0.320. The number of carbonyl (C=O) groups is 2. The Hall–Kier alpha value is -1.14. The van der Waals surface area contributed by atoms with Gasteiger partial charge in [0.25, 0.3) is 5.91 Å². The maximum absolute atomic E-state index is 10.7. The van der Waals surface area contributed by atoms with Gasteiger partial charge in [-0.3, -0.25) is 10.1 Å². The van der Waals surface area contributed by atoms with E-state index in [1.165, 1.54) is 7.11 Å². The van der Waals surface area contributed by atoms with Crippen LogP contribution in [0.3, 0.4) is 0 Å². The first kappa shape index (κ1) is 10.9. The topological polar surface area (TPSA) is 87.7 Å². The number of imide groups is 1. The zero-order valence-corrected chi connectivity index (χ0v) is 6.79. The van der Waals surface area contributed by atoms with Crippen LogP contribution in [0.5, 0.6) is 0 Å². The smallest absolute Gasteiger partial charge is 0.321 e. The van der Waals surface area contributed by atoms with Gasteiger partial charge in [-0.05, 0) is 0 Å². The molecule has 0 spiro atoms. The van der Waals surface area contributed by atoms with Crippen molar-refractivity contribution in [2.75, 3.05) is 26.9 Å². The van der Waals surface area contributed by atoms with Crippen molar-refractivity contribution in [3.05, 3.63) is 0 Å². The van der Waals surface area contributed by atoms with Crippen molar-refractivity contribution in [2.24, 2.45) is 0 Å². The predicted octanol–water partition coefficient (Wildman–Crippen LogP) is -1.55.